The molecule has 1 aliphatic heterocycles. The van der Waals surface area contributed by atoms with Crippen LogP contribution in [-0.4, -0.2) is 29.7 Å². The van der Waals surface area contributed by atoms with Crippen LogP contribution in [0.1, 0.15) is 18.4 Å². The number of ether oxygens (including phenoxy) is 1. The topological polar surface area (TPSA) is 69.3 Å². The molecule has 1 saturated heterocycles. The van der Waals surface area contributed by atoms with Crippen molar-refractivity contribution in [2.45, 2.75) is 32.0 Å². The van der Waals surface area contributed by atoms with Gasteiger partial charge in [-0.15, -0.1) is 0 Å². The lowest BCUT2D eigenvalue weighted by atomic mass is 10.1. The molecule has 1 aromatic heterocycles. The van der Waals surface area contributed by atoms with Crippen LogP contribution in [0.3, 0.4) is 0 Å². The first-order valence-corrected chi connectivity index (χ1v) is 7.40. The highest BCUT2D eigenvalue weighted by molar-refractivity contribution is 5.84. The standard InChI is InChI=1S/C16H21N3O2/c17-16(20)5-7-19-10-12(9-18-13-6-8-21-11-13)14-3-1-2-4-15(14)19/h1-4,10,13,18H,5-9,11H2,(H2,17,20)/t13-/m1/s1. The van der Waals surface area contributed by atoms with Crippen LogP contribution >= 0.6 is 0 Å². The highest BCUT2D eigenvalue weighted by Crippen LogP contribution is 2.22. The number of benzene rings is 1. The molecule has 1 amide bonds. The van der Waals surface area contributed by atoms with E-state index >= 15 is 0 Å². The summed E-state index contributed by atoms with van der Waals surface area (Å²) in [4.78, 5) is 11.0. The average Bonchev–Trinajstić information content (AvgIpc) is 3.11. The van der Waals surface area contributed by atoms with Crippen LogP contribution in [0.2, 0.25) is 0 Å². The van der Waals surface area contributed by atoms with E-state index in [1.807, 2.05) is 12.1 Å². The van der Waals surface area contributed by atoms with E-state index in [1.165, 1.54) is 10.9 Å². The molecule has 0 radical (unpaired) electrons. The van der Waals surface area contributed by atoms with E-state index in [-0.39, 0.29) is 5.91 Å². The molecule has 112 valence electrons. The van der Waals surface area contributed by atoms with Crippen LogP contribution in [0.4, 0.5) is 0 Å². The number of rotatable bonds is 6. The van der Waals surface area contributed by atoms with Crippen molar-refractivity contribution in [3.63, 3.8) is 0 Å². The quantitative estimate of drug-likeness (QED) is 0.843. The third kappa shape index (κ3) is 3.25. The Kier molecular flexibility index (Phi) is 4.22. The van der Waals surface area contributed by atoms with Gasteiger partial charge in [0.15, 0.2) is 0 Å². The Morgan fingerprint density at radius 1 is 1.43 bits per heavy atom. The largest absolute Gasteiger partial charge is 0.380 e. The summed E-state index contributed by atoms with van der Waals surface area (Å²) in [5, 5.41) is 4.77. The van der Waals surface area contributed by atoms with Gasteiger partial charge in [0.2, 0.25) is 5.91 Å². The van der Waals surface area contributed by atoms with Crippen LogP contribution in [0.25, 0.3) is 10.9 Å². The Bertz CT molecular complexity index is 629. The maximum Gasteiger partial charge on any atom is 0.219 e. The maximum absolute atomic E-state index is 11.0. The lowest BCUT2D eigenvalue weighted by Gasteiger charge is -2.09. The van der Waals surface area contributed by atoms with E-state index in [1.54, 1.807) is 0 Å². The molecule has 2 aromatic rings. The van der Waals surface area contributed by atoms with Gasteiger partial charge in [0, 0.05) is 49.3 Å². The Balaban J connectivity index is 1.78. The number of para-hydroxylation sites is 1. The van der Waals surface area contributed by atoms with Crippen molar-refractivity contribution in [2.24, 2.45) is 5.73 Å². The van der Waals surface area contributed by atoms with E-state index in [4.69, 9.17) is 10.5 Å². The van der Waals surface area contributed by atoms with Gasteiger partial charge in [0.1, 0.15) is 0 Å². The van der Waals surface area contributed by atoms with E-state index in [0.29, 0.717) is 19.0 Å². The summed E-state index contributed by atoms with van der Waals surface area (Å²) in [6, 6.07) is 8.71. The van der Waals surface area contributed by atoms with Gasteiger partial charge in [0.05, 0.1) is 6.61 Å². The summed E-state index contributed by atoms with van der Waals surface area (Å²) < 4.78 is 7.50. The van der Waals surface area contributed by atoms with Crippen molar-refractivity contribution < 1.29 is 9.53 Å². The summed E-state index contributed by atoms with van der Waals surface area (Å²) in [5.74, 6) is -0.268. The number of amides is 1. The number of carbonyl (C=O) groups excluding carboxylic acids is 1. The van der Waals surface area contributed by atoms with Gasteiger partial charge >= 0.3 is 0 Å². The molecule has 0 spiro atoms. The van der Waals surface area contributed by atoms with Crippen LogP contribution in [0.15, 0.2) is 30.5 Å². The molecule has 3 N–H and O–H groups in total. The average molecular weight is 287 g/mol. The summed E-state index contributed by atoms with van der Waals surface area (Å²) in [7, 11) is 0. The fraction of sp³-hybridized carbons (Fsp3) is 0.438. The molecule has 21 heavy (non-hydrogen) atoms. The van der Waals surface area contributed by atoms with Crippen molar-refractivity contribution in [1.82, 2.24) is 9.88 Å². The van der Waals surface area contributed by atoms with Gasteiger partial charge in [-0.25, -0.2) is 0 Å². The predicted molar refractivity (Wildman–Crippen MR) is 81.8 cm³/mol. The van der Waals surface area contributed by atoms with Crippen molar-refractivity contribution >= 4 is 16.8 Å². The molecule has 3 rings (SSSR count). The molecule has 0 saturated carbocycles. The molecule has 1 fully saturated rings. The zero-order chi connectivity index (χ0) is 14.7. The molecule has 0 bridgehead atoms. The first-order valence-electron chi connectivity index (χ1n) is 7.40. The zero-order valence-corrected chi connectivity index (χ0v) is 12.0. The molecule has 2 heterocycles. The number of carbonyl (C=O) groups is 1. The van der Waals surface area contributed by atoms with Crippen LogP contribution in [0.5, 0.6) is 0 Å². The van der Waals surface area contributed by atoms with E-state index in [2.05, 4.69) is 28.2 Å². The number of nitrogens with zero attached hydrogens (tertiary/aromatic N) is 1. The summed E-state index contributed by atoms with van der Waals surface area (Å²) in [6.45, 7) is 3.08. The lowest BCUT2D eigenvalue weighted by molar-refractivity contribution is -0.118. The summed E-state index contributed by atoms with van der Waals surface area (Å²) in [6.07, 6.45) is 3.55. The Morgan fingerprint density at radius 3 is 3.05 bits per heavy atom. The summed E-state index contributed by atoms with van der Waals surface area (Å²) >= 11 is 0. The van der Waals surface area contributed by atoms with Crippen molar-refractivity contribution in [3.05, 3.63) is 36.0 Å². The van der Waals surface area contributed by atoms with Crippen LogP contribution in [-0.2, 0) is 22.6 Å². The van der Waals surface area contributed by atoms with Gasteiger partial charge in [-0.2, -0.15) is 0 Å². The molecule has 0 aliphatic carbocycles. The molecule has 5 heteroatoms. The van der Waals surface area contributed by atoms with E-state index in [9.17, 15) is 4.79 Å². The zero-order valence-electron chi connectivity index (χ0n) is 12.0. The minimum Gasteiger partial charge on any atom is -0.380 e. The second kappa shape index (κ2) is 6.28. The predicted octanol–water partition coefficient (Wildman–Crippen LogP) is 1.40. The Morgan fingerprint density at radius 2 is 2.29 bits per heavy atom. The highest BCUT2D eigenvalue weighted by Gasteiger charge is 2.16. The molecule has 5 nitrogen and oxygen atoms in total. The van der Waals surface area contributed by atoms with Crippen molar-refractivity contribution in [3.8, 4) is 0 Å². The molecule has 1 atom stereocenters. The van der Waals surface area contributed by atoms with Crippen molar-refractivity contribution in [1.29, 1.82) is 0 Å². The maximum atomic E-state index is 11.0. The normalized spacial score (nSPS) is 18.4. The summed E-state index contributed by atoms with van der Waals surface area (Å²) in [5.41, 5.74) is 7.66. The molecule has 1 aromatic carbocycles. The van der Waals surface area contributed by atoms with Gasteiger partial charge < -0.3 is 20.4 Å². The number of hydrogen-bond acceptors (Lipinski definition) is 3. The number of nitrogens with one attached hydrogen (secondary N) is 1. The minimum absolute atomic E-state index is 0.268. The van der Waals surface area contributed by atoms with Gasteiger partial charge in [-0.3, -0.25) is 4.79 Å². The third-order valence-corrected chi connectivity index (χ3v) is 3.98. The van der Waals surface area contributed by atoms with E-state index in [0.717, 1.165) is 31.7 Å². The highest BCUT2D eigenvalue weighted by atomic mass is 16.5. The van der Waals surface area contributed by atoms with Gasteiger partial charge in [0.25, 0.3) is 0 Å². The van der Waals surface area contributed by atoms with Crippen molar-refractivity contribution in [2.75, 3.05) is 13.2 Å². The second-order valence-electron chi connectivity index (χ2n) is 5.52. The molecule has 0 unspecified atom stereocenters. The smallest absolute Gasteiger partial charge is 0.219 e. The molecular weight excluding hydrogens is 266 g/mol. The van der Waals surface area contributed by atoms with Gasteiger partial charge in [-0.05, 0) is 18.1 Å². The fourth-order valence-electron chi connectivity index (χ4n) is 2.83. The molecule has 1 aliphatic rings. The third-order valence-electron chi connectivity index (χ3n) is 3.98. The van der Waals surface area contributed by atoms with E-state index < -0.39 is 0 Å². The number of aromatic nitrogens is 1. The number of aryl methyl sites for hydroxylation is 1. The SMILES string of the molecule is NC(=O)CCn1cc(CN[C@@H]2CCOC2)c2ccccc21. The minimum atomic E-state index is -0.268. The molecular formula is C16H21N3O2. The fourth-order valence-corrected chi connectivity index (χ4v) is 2.83. The van der Waals surface area contributed by atoms with Gasteiger partial charge in [-0.1, -0.05) is 18.2 Å². The first-order chi connectivity index (χ1) is 10.2. The number of nitrogens with two attached hydrogens (primary N) is 1. The number of primary amides is 1. The Labute approximate surface area is 124 Å². The van der Waals surface area contributed by atoms with Crippen LogP contribution < -0.4 is 11.1 Å². The Hall–Kier alpha value is -1.85. The lowest BCUT2D eigenvalue weighted by Crippen LogP contribution is -2.28. The number of hydrogen-bond donors (Lipinski definition) is 2. The van der Waals surface area contributed by atoms with Crippen LogP contribution in [0, 0.1) is 0 Å². The monoisotopic (exact) mass is 287 g/mol. The second-order valence-corrected chi connectivity index (χ2v) is 5.52. The number of fused-ring (bicyclic) bond motifs is 1. The first kappa shape index (κ1) is 14.1.